The average molecular weight is 212 g/mol. The van der Waals surface area contributed by atoms with E-state index in [9.17, 15) is 0 Å². The van der Waals surface area contributed by atoms with Crippen molar-refractivity contribution in [3.63, 3.8) is 0 Å². The van der Waals surface area contributed by atoms with Crippen LogP contribution in [0.3, 0.4) is 0 Å². The Hall–Kier alpha value is 0. The molecule has 0 aliphatic rings. The van der Waals surface area contributed by atoms with Gasteiger partial charge in [0.25, 0.3) is 0 Å². The van der Waals surface area contributed by atoms with E-state index in [1.807, 2.05) is 0 Å². The lowest BCUT2D eigenvalue weighted by atomic mass is 9.91. The molecule has 0 saturated carbocycles. The Morgan fingerprint density at radius 2 is 1.27 bits per heavy atom. The highest BCUT2D eigenvalue weighted by Gasteiger charge is 2.06. The van der Waals surface area contributed by atoms with Crippen LogP contribution in [0.15, 0.2) is 0 Å². The predicted octanol–water partition coefficient (Wildman–Crippen LogP) is 5.81. The van der Waals surface area contributed by atoms with E-state index in [4.69, 9.17) is 0 Å². The van der Waals surface area contributed by atoms with Crippen molar-refractivity contribution in [3.05, 3.63) is 0 Å². The van der Waals surface area contributed by atoms with E-state index in [0.717, 1.165) is 11.8 Å². The average Bonchev–Trinajstić information content (AvgIpc) is 2.24. The van der Waals surface area contributed by atoms with Gasteiger partial charge in [0, 0.05) is 0 Å². The Morgan fingerprint density at radius 1 is 0.733 bits per heavy atom. The molecule has 0 spiro atoms. The maximum Gasteiger partial charge on any atom is -0.0414 e. The van der Waals surface area contributed by atoms with Gasteiger partial charge in [-0.1, -0.05) is 85.5 Å². The van der Waals surface area contributed by atoms with Crippen molar-refractivity contribution >= 4 is 0 Å². The molecule has 0 rings (SSSR count). The minimum Gasteiger partial charge on any atom is -0.0654 e. The second-order valence-corrected chi connectivity index (χ2v) is 5.24. The third kappa shape index (κ3) is 8.96. The van der Waals surface area contributed by atoms with Crippen LogP contribution in [0.1, 0.15) is 85.5 Å². The number of unbranched alkanes of at least 4 members (excludes halogenated alkanes) is 1. The van der Waals surface area contributed by atoms with Crippen molar-refractivity contribution in [1.29, 1.82) is 0 Å². The Morgan fingerprint density at radius 3 is 1.73 bits per heavy atom. The number of hydrogen-bond acceptors (Lipinski definition) is 0. The summed E-state index contributed by atoms with van der Waals surface area (Å²) in [6.45, 7) is 9.33. The van der Waals surface area contributed by atoms with Crippen molar-refractivity contribution < 1.29 is 0 Å². The SMILES string of the molecule is CCCC(CCC)CCCCC(C)CC. The standard InChI is InChI=1S/C15H32/c1-5-10-15(11-6-2)13-9-8-12-14(4)7-3/h14-15H,5-13H2,1-4H3. The minimum atomic E-state index is 0.945. The Bertz CT molecular complexity index is 111. The molecular formula is C15H32. The zero-order valence-corrected chi connectivity index (χ0v) is 11.5. The quantitative estimate of drug-likeness (QED) is 0.401. The van der Waals surface area contributed by atoms with Gasteiger partial charge in [0.1, 0.15) is 0 Å². The molecule has 0 aliphatic carbocycles. The normalized spacial score (nSPS) is 13.4. The Kier molecular flexibility index (Phi) is 10.5. The summed E-state index contributed by atoms with van der Waals surface area (Å²) in [5.41, 5.74) is 0. The lowest BCUT2D eigenvalue weighted by molar-refractivity contribution is 0.380. The van der Waals surface area contributed by atoms with Gasteiger partial charge < -0.3 is 0 Å². The fourth-order valence-corrected chi connectivity index (χ4v) is 2.38. The van der Waals surface area contributed by atoms with E-state index in [1.54, 1.807) is 0 Å². The summed E-state index contributed by atoms with van der Waals surface area (Å²) in [4.78, 5) is 0. The third-order valence-electron chi connectivity index (χ3n) is 3.65. The molecule has 92 valence electrons. The summed E-state index contributed by atoms with van der Waals surface area (Å²) in [5.74, 6) is 1.97. The summed E-state index contributed by atoms with van der Waals surface area (Å²) in [7, 11) is 0. The second-order valence-electron chi connectivity index (χ2n) is 5.24. The molecule has 1 atom stereocenters. The van der Waals surface area contributed by atoms with Crippen LogP contribution in [0, 0.1) is 11.8 Å². The Balaban J connectivity index is 3.43. The van der Waals surface area contributed by atoms with Gasteiger partial charge in [0.2, 0.25) is 0 Å². The van der Waals surface area contributed by atoms with Crippen LogP contribution in [0.5, 0.6) is 0 Å². The van der Waals surface area contributed by atoms with E-state index in [-0.39, 0.29) is 0 Å². The van der Waals surface area contributed by atoms with Gasteiger partial charge in [-0.15, -0.1) is 0 Å². The van der Waals surface area contributed by atoms with Crippen molar-refractivity contribution in [2.24, 2.45) is 11.8 Å². The minimum absolute atomic E-state index is 0.945. The van der Waals surface area contributed by atoms with Crippen LogP contribution in [0.4, 0.5) is 0 Å². The van der Waals surface area contributed by atoms with Crippen molar-refractivity contribution in [2.45, 2.75) is 85.5 Å². The fourth-order valence-electron chi connectivity index (χ4n) is 2.38. The van der Waals surface area contributed by atoms with Gasteiger partial charge in [-0.3, -0.25) is 0 Å². The van der Waals surface area contributed by atoms with Gasteiger partial charge >= 0.3 is 0 Å². The zero-order chi connectivity index (χ0) is 11.5. The third-order valence-corrected chi connectivity index (χ3v) is 3.65. The fraction of sp³-hybridized carbons (Fsp3) is 1.00. The smallest absolute Gasteiger partial charge is 0.0414 e. The van der Waals surface area contributed by atoms with Crippen molar-refractivity contribution in [1.82, 2.24) is 0 Å². The first-order chi connectivity index (χ1) is 7.24. The van der Waals surface area contributed by atoms with Crippen LogP contribution in [0.2, 0.25) is 0 Å². The van der Waals surface area contributed by atoms with Crippen molar-refractivity contribution in [2.75, 3.05) is 0 Å². The molecule has 0 nitrogen and oxygen atoms in total. The van der Waals surface area contributed by atoms with Gasteiger partial charge in [-0.05, 0) is 11.8 Å². The number of rotatable bonds is 10. The first-order valence-corrected chi connectivity index (χ1v) is 7.24. The zero-order valence-electron chi connectivity index (χ0n) is 11.5. The highest BCUT2D eigenvalue weighted by Crippen LogP contribution is 2.22. The van der Waals surface area contributed by atoms with Crippen LogP contribution < -0.4 is 0 Å². The van der Waals surface area contributed by atoms with Gasteiger partial charge in [-0.2, -0.15) is 0 Å². The van der Waals surface area contributed by atoms with E-state index >= 15 is 0 Å². The predicted molar refractivity (Wildman–Crippen MR) is 71.2 cm³/mol. The van der Waals surface area contributed by atoms with E-state index < -0.39 is 0 Å². The lowest BCUT2D eigenvalue weighted by Crippen LogP contribution is -2.00. The molecule has 0 aliphatic heterocycles. The molecule has 0 aromatic heterocycles. The monoisotopic (exact) mass is 212 g/mol. The Labute approximate surface area is 97.8 Å². The molecule has 0 amide bonds. The largest absolute Gasteiger partial charge is 0.0654 e. The maximum absolute atomic E-state index is 2.38. The highest BCUT2D eigenvalue weighted by atomic mass is 14.1. The molecular weight excluding hydrogens is 180 g/mol. The van der Waals surface area contributed by atoms with Crippen LogP contribution >= 0.6 is 0 Å². The first-order valence-electron chi connectivity index (χ1n) is 7.24. The molecule has 0 radical (unpaired) electrons. The van der Waals surface area contributed by atoms with Crippen LogP contribution in [-0.2, 0) is 0 Å². The van der Waals surface area contributed by atoms with E-state index in [2.05, 4.69) is 27.7 Å². The molecule has 0 aromatic carbocycles. The molecule has 0 heteroatoms. The molecule has 0 N–H and O–H groups in total. The topological polar surface area (TPSA) is 0 Å². The number of hydrogen-bond donors (Lipinski definition) is 0. The summed E-state index contributed by atoms with van der Waals surface area (Å²) in [6.07, 6.45) is 12.9. The first kappa shape index (κ1) is 15.0. The van der Waals surface area contributed by atoms with Gasteiger partial charge in [0.05, 0.1) is 0 Å². The van der Waals surface area contributed by atoms with Crippen LogP contribution in [-0.4, -0.2) is 0 Å². The molecule has 15 heavy (non-hydrogen) atoms. The molecule has 0 heterocycles. The summed E-state index contributed by atoms with van der Waals surface area (Å²) in [6, 6.07) is 0. The summed E-state index contributed by atoms with van der Waals surface area (Å²) in [5, 5.41) is 0. The van der Waals surface area contributed by atoms with Gasteiger partial charge in [0.15, 0.2) is 0 Å². The van der Waals surface area contributed by atoms with E-state index in [0.29, 0.717) is 0 Å². The second kappa shape index (κ2) is 10.5. The molecule has 0 bridgehead atoms. The molecule has 0 saturated heterocycles. The van der Waals surface area contributed by atoms with Crippen molar-refractivity contribution in [3.8, 4) is 0 Å². The summed E-state index contributed by atoms with van der Waals surface area (Å²) < 4.78 is 0. The van der Waals surface area contributed by atoms with Gasteiger partial charge in [-0.25, -0.2) is 0 Å². The maximum atomic E-state index is 2.38. The molecule has 0 fully saturated rings. The molecule has 1 unspecified atom stereocenters. The molecule has 0 aromatic rings. The lowest BCUT2D eigenvalue weighted by Gasteiger charge is -2.15. The summed E-state index contributed by atoms with van der Waals surface area (Å²) >= 11 is 0. The highest BCUT2D eigenvalue weighted by molar-refractivity contribution is 4.59. The van der Waals surface area contributed by atoms with Crippen LogP contribution in [0.25, 0.3) is 0 Å². The van der Waals surface area contributed by atoms with E-state index in [1.165, 1.54) is 57.8 Å².